The van der Waals surface area contributed by atoms with Gasteiger partial charge in [0.25, 0.3) is 5.91 Å². The van der Waals surface area contributed by atoms with E-state index in [9.17, 15) is 9.18 Å². The molecule has 142 valence electrons. The molecule has 7 heteroatoms. The first-order valence-electron chi connectivity index (χ1n) is 8.29. The highest BCUT2D eigenvalue weighted by molar-refractivity contribution is 7.22. The number of likely N-dealkylation sites (N-methyl/N-ethyl adjacent to an activating group) is 1. The molecule has 0 saturated carbocycles. The van der Waals surface area contributed by atoms with Crippen LogP contribution in [0.25, 0.3) is 16.3 Å². The monoisotopic (exact) mass is 405 g/mol. The number of amides is 1. The number of aromatic nitrogens is 1. The molecule has 0 spiro atoms. The molecule has 0 fully saturated rings. The van der Waals surface area contributed by atoms with Crippen molar-refractivity contribution in [3.63, 3.8) is 0 Å². The minimum absolute atomic E-state index is 0. The first-order chi connectivity index (χ1) is 12.5. The van der Waals surface area contributed by atoms with Gasteiger partial charge in [-0.3, -0.25) is 9.69 Å². The molecule has 0 saturated heterocycles. The van der Waals surface area contributed by atoms with Gasteiger partial charge in [0.15, 0.2) is 5.13 Å². The Labute approximate surface area is 168 Å². The van der Waals surface area contributed by atoms with E-state index in [0.29, 0.717) is 23.7 Å². The topological polar surface area (TPSA) is 36.4 Å². The maximum absolute atomic E-state index is 14.0. The average molecular weight is 406 g/mol. The van der Waals surface area contributed by atoms with E-state index in [1.165, 1.54) is 23.5 Å². The molecule has 1 heterocycles. The molecule has 1 aromatic heterocycles. The zero-order chi connectivity index (χ0) is 18.5. The SMILES string of the molecule is CN(C)CCN(C(=O)/C=C/c1ccccc1)c1nc2c(F)cccc2s1.Cl. The lowest BCUT2D eigenvalue weighted by molar-refractivity contribution is -0.114. The van der Waals surface area contributed by atoms with Crippen LogP contribution in [0.3, 0.4) is 0 Å². The number of carbonyl (C=O) groups excluding carboxylic acids is 1. The molecule has 2 aromatic carbocycles. The summed E-state index contributed by atoms with van der Waals surface area (Å²) in [5.41, 5.74) is 1.26. The number of halogens is 2. The maximum Gasteiger partial charge on any atom is 0.252 e. The van der Waals surface area contributed by atoms with Crippen molar-refractivity contribution < 1.29 is 9.18 Å². The predicted octanol–water partition coefficient (Wildman–Crippen LogP) is 4.47. The number of nitrogens with zero attached hydrogens (tertiary/aromatic N) is 3. The summed E-state index contributed by atoms with van der Waals surface area (Å²) in [6.07, 6.45) is 3.31. The van der Waals surface area contributed by atoms with Gasteiger partial charge < -0.3 is 4.90 Å². The Balaban J connectivity index is 0.00000261. The molecule has 0 unspecified atom stereocenters. The lowest BCUT2D eigenvalue weighted by Gasteiger charge is -2.20. The fraction of sp³-hybridized carbons (Fsp3) is 0.200. The van der Waals surface area contributed by atoms with E-state index >= 15 is 0 Å². The summed E-state index contributed by atoms with van der Waals surface area (Å²) in [5, 5.41) is 0.509. The van der Waals surface area contributed by atoms with E-state index in [-0.39, 0.29) is 24.1 Å². The largest absolute Gasteiger partial charge is 0.308 e. The van der Waals surface area contributed by atoms with Crippen molar-refractivity contribution >= 4 is 51.1 Å². The van der Waals surface area contributed by atoms with Gasteiger partial charge >= 0.3 is 0 Å². The molecule has 0 N–H and O–H groups in total. The second-order valence-electron chi connectivity index (χ2n) is 6.12. The van der Waals surface area contributed by atoms with Gasteiger partial charge in [-0.25, -0.2) is 9.37 Å². The third-order valence-corrected chi connectivity index (χ3v) is 4.89. The second kappa shape index (κ2) is 9.60. The van der Waals surface area contributed by atoms with Crippen molar-refractivity contribution in [3.05, 3.63) is 66.0 Å². The Hall–Kier alpha value is -2.28. The van der Waals surface area contributed by atoms with Gasteiger partial charge in [0, 0.05) is 19.2 Å². The molecule has 0 atom stereocenters. The van der Waals surface area contributed by atoms with Crippen molar-refractivity contribution in [1.29, 1.82) is 0 Å². The normalized spacial score (nSPS) is 11.1. The first kappa shape index (κ1) is 21.0. The van der Waals surface area contributed by atoms with Crippen molar-refractivity contribution in [2.75, 3.05) is 32.1 Å². The number of hydrogen-bond acceptors (Lipinski definition) is 4. The highest BCUT2D eigenvalue weighted by atomic mass is 35.5. The van der Waals surface area contributed by atoms with Crippen LogP contribution >= 0.6 is 23.7 Å². The van der Waals surface area contributed by atoms with Crippen LogP contribution in [0.1, 0.15) is 5.56 Å². The average Bonchev–Trinajstić information content (AvgIpc) is 3.06. The summed E-state index contributed by atoms with van der Waals surface area (Å²) in [5.74, 6) is -0.542. The van der Waals surface area contributed by atoms with Crippen molar-refractivity contribution in [1.82, 2.24) is 9.88 Å². The van der Waals surface area contributed by atoms with Gasteiger partial charge in [-0.05, 0) is 37.9 Å². The Morgan fingerprint density at radius 3 is 2.52 bits per heavy atom. The number of thiazole rings is 1. The smallest absolute Gasteiger partial charge is 0.252 e. The van der Waals surface area contributed by atoms with Gasteiger partial charge in [-0.15, -0.1) is 12.4 Å². The molecule has 4 nitrogen and oxygen atoms in total. The van der Waals surface area contributed by atoms with Crippen molar-refractivity contribution in [2.45, 2.75) is 0 Å². The molecule has 0 bridgehead atoms. The fourth-order valence-corrected chi connectivity index (χ4v) is 3.45. The number of para-hydroxylation sites is 1. The van der Waals surface area contributed by atoms with Gasteiger partial charge in [0.1, 0.15) is 11.3 Å². The van der Waals surface area contributed by atoms with E-state index in [0.717, 1.165) is 10.3 Å². The highest BCUT2D eigenvalue weighted by Gasteiger charge is 2.19. The van der Waals surface area contributed by atoms with Crippen LogP contribution < -0.4 is 4.90 Å². The molecular weight excluding hydrogens is 385 g/mol. The van der Waals surface area contributed by atoms with E-state index < -0.39 is 0 Å². The van der Waals surface area contributed by atoms with Crippen molar-refractivity contribution in [3.8, 4) is 0 Å². The van der Waals surface area contributed by atoms with E-state index in [1.54, 1.807) is 17.0 Å². The van der Waals surface area contributed by atoms with Gasteiger partial charge in [-0.1, -0.05) is 47.7 Å². The fourth-order valence-electron chi connectivity index (χ4n) is 2.44. The Morgan fingerprint density at radius 1 is 1.11 bits per heavy atom. The molecule has 0 radical (unpaired) electrons. The van der Waals surface area contributed by atoms with E-state index in [4.69, 9.17) is 0 Å². The van der Waals surface area contributed by atoms with Gasteiger partial charge in [0.05, 0.1) is 4.70 Å². The minimum Gasteiger partial charge on any atom is -0.308 e. The third-order valence-electron chi connectivity index (χ3n) is 3.84. The molecule has 0 aliphatic carbocycles. The lowest BCUT2D eigenvalue weighted by Crippen LogP contribution is -2.35. The summed E-state index contributed by atoms with van der Waals surface area (Å²) in [4.78, 5) is 20.7. The molecule has 27 heavy (non-hydrogen) atoms. The number of fused-ring (bicyclic) bond motifs is 1. The zero-order valence-corrected chi connectivity index (χ0v) is 16.8. The summed E-state index contributed by atoms with van der Waals surface area (Å²) < 4.78 is 14.7. The van der Waals surface area contributed by atoms with E-state index in [2.05, 4.69) is 4.98 Å². The first-order valence-corrected chi connectivity index (χ1v) is 9.10. The van der Waals surface area contributed by atoms with Gasteiger partial charge in [0.2, 0.25) is 0 Å². The van der Waals surface area contributed by atoms with Crippen LogP contribution in [0, 0.1) is 5.82 Å². The number of hydrogen-bond donors (Lipinski definition) is 0. The van der Waals surface area contributed by atoms with Crippen LogP contribution in [0.5, 0.6) is 0 Å². The predicted molar refractivity (Wildman–Crippen MR) is 113 cm³/mol. The van der Waals surface area contributed by atoms with E-state index in [1.807, 2.05) is 55.4 Å². The summed E-state index contributed by atoms with van der Waals surface area (Å²) in [6.45, 7) is 1.16. The third kappa shape index (κ3) is 5.35. The number of benzene rings is 2. The summed E-state index contributed by atoms with van der Waals surface area (Å²) in [6, 6.07) is 14.5. The molecular formula is C20H21ClFN3OS. The molecule has 3 aromatic rings. The van der Waals surface area contributed by atoms with Gasteiger partial charge in [-0.2, -0.15) is 0 Å². The van der Waals surface area contributed by atoms with Crippen LogP contribution in [-0.2, 0) is 4.79 Å². The summed E-state index contributed by atoms with van der Waals surface area (Å²) in [7, 11) is 3.89. The molecule has 0 aliphatic heterocycles. The number of carbonyl (C=O) groups is 1. The Bertz CT molecular complexity index is 927. The van der Waals surface area contributed by atoms with Crippen LogP contribution in [0.15, 0.2) is 54.6 Å². The molecule has 1 amide bonds. The Morgan fingerprint density at radius 2 is 1.85 bits per heavy atom. The highest BCUT2D eigenvalue weighted by Crippen LogP contribution is 2.30. The standard InChI is InChI=1S/C20H20FN3OS.ClH/c1-23(2)13-14-24(18(25)12-11-15-7-4-3-5-8-15)20-22-19-16(21)9-6-10-17(19)26-20;/h3-12H,13-14H2,1-2H3;1H/b12-11+;. The Kier molecular flexibility index (Phi) is 7.47. The molecule has 3 rings (SSSR count). The quantitative estimate of drug-likeness (QED) is 0.568. The minimum atomic E-state index is -0.371. The van der Waals surface area contributed by atoms with Crippen LogP contribution in [0.2, 0.25) is 0 Å². The summed E-state index contributed by atoms with van der Waals surface area (Å²) >= 11 is 1.32. The van der Waals surface area contributed by atoms with Crippen LogP contribution in [0.4, 0.5) is 9.52 Å². The second-order valence-corrected chi connectivity index (χ2v) is 7.13. The maximum atomic E-state index is 14.0. The lowest BCUT2D eigenvalue weighted by atomic mass is 10.2. The zero-order valence-electron chi connectivity index (χ0n) is 15.1. The number of rotatable bonds is 6. The van der Waals surface area contributed by atoms with Crippen molar-refractivity contribution in [2.24, 2.45) is 0 Å². The number of anilines is 1. The van der Waals surface area contributed by atoms with Crippen LogP contribution in [-0.4, -0.2) is 43.0 Å². The molecule has 0 aliphatic rings.